The Morgan fingerprint density at radius 2 is 1.76 bits per heavy atom. The Labute approximate surface area is 107 Å². The van der Waals surface area contributed by atoms with E-state index < -0.39 is 0 Å². The molecule has 0 saturated heterocycles. The smallest absolute Gasteiger partial charge is 0.186 e. The fraction of sp³-hybridized carbons (Fsp3) is 0. The molecule has 0 bridgehead atoms. The van der Waals surface area contributed by atoms with Crippen LogP contribution in [0.3, 0.4) is 0 Å². The Morgan fingerprint density at radius 1 is 1.00 bits per heavy atom. The lowest BCUT2D eigenvalue weighted by Gasteiger charge is -1.99. The first-order chi connectivity index (χ1) is 8.24. The van der Waals surface area contributed by atoms with Gasteiger partial charge in [-0.1, -0.05) is 23.2 Å². The molecule has 3 rings (SSSR count). The first kappa shape index (κ1) is 10.5. The predicted octanol–water partition coefficient (Wildman–Crippen LogP) is 3.12. The van der Waals surface area contributed by atoms with Crippen molar-refractivity contribution in [1.29, 1.82) is 0 Å². The van der Waals surface area contributed by atoms with Gasteiger partial charge in [-0.05, 0) is 24.3 Å². The van der Waals surface area contributed by atoms with Crippen LogP contribution in [0.15, 0.2) is 36.8 Å². The Bertz CT molecular complexity index is 676. The van der Waals surface area contributed by atoms with E-state index in [0.29, 0.717) is 15.8 Å². The number of aromatic nitrogens is 4. The topological polar surface area (TPSA) is 43.6 Å². The second-order valence-electron chi connectivity index (χ2n) is 3.45. The van der Waals surface area contributed by atoms with E-state index in [2.05, 4.69) is 15.1 Å². The second kappa shape index (κ2) is 3.98. The van der Waals surface area contributed by atoms with Gasteiger partial charge in [-0.2, -0.15) is 0 Å². The molecule has 0 aliphatic carbocycles. The van der Waals surface area contributed by atoms with Crippen LogP contribution < -0.4 is 0 Å². The molecule has 0 amide bonds. The summed E-state index contributed by atoms with van der Waals surface area (Å²) in [6.45, 7) is 0. The summed E-state index contributed by atoms with van der Waals surface area (Å²) in [6, 6.07) is 7.35. The maximum atomic E-state index is 5.96. The maximum absolute atomic E-state index is 5.96. The highest BCUT2D eigenvalue weighted by Crippen LogP contribution is 2.20. The van der Waals surface area contributed by atoms with Crippen molar-refractivity contribution in [2.24, 2.45) is 0 Å². The van der Waals surface area contributed by atoms with Gasteiger partial charge in [-0.3, -0.25) is 0 Å². The molecule has 0 unspecified atom stereocenters. The number of hydrogen-bond acceptors (Lipinski definition) is 3. The summed E-state index contributed by atoms with van der Waals surface area (Å²) in [5.74, 6) is 0. The SMILES string of the molecule is Clc1ccc(-n2cc3c(Cl)ncnc3n2)cc1. The minimum atomic E-state index is 0.398. The van der Waals surface area contributed by atoms with Crippen molar-refractivity contribution in [1.82, 2.24) is 19.7 Å². The highest BCUT2D eigenvalue weighted by atomic mass is 35.5. The van der Waals surface area contributed by atoms with Gasteiger partial charge in [0.2, 0.25) is 0 Å². The number of benzene rings is 1. The monoisotopic (exact) mass is 264 g/mol. The van der Waals surface area contributed by atoms with Crippen LogP contribution in [-0.2, 0) is 0 Å². The number of rotatable bonds is 1. The largest absolute Gasteiger partial charge is 0.238 e. The molecule has 17 heavy (non-hydrogen) atoms. The molecule has 0 radical (unpaired) electrons. The number of halogens is 2. The molecule has 4 nitrogen and oxygen atoms in total. The van der Waals surface area contributed by atoms with Crippen LogP contribution in [0.2, 0.25) is 10.2 Å². The van der Waals surface area contributed by atoms with E-state index >= 15 is 0 Å². The van der Waals surface area contributed by atoms with E-state index in [0.717, 1.165) is 11.1 Å². The summed E-state index contributed by atoms with van der Waals surface area (Å²) in [4.78, 5) is 7.96. The molecule has 0 aliphatic heterocycles. The summed E-state index contributed by atoms with van der Waals surface area (Å²) in [7, 11) is 0. The molecule has 0 aliphatic rings. The molecule has 84 valence electrons. The zero-order valence-electron chi connectivity index (χ0n) is 8.51. The van der Waals surface area contributed by atoms with E-state index in [-0.39, 0.29) is 0 Å². The number of nitrogens with zero attached hydrogens (tertiary/aromatic N) is 4. The lowest BCUT2D eigenvalue weighted by atomic mass is 10.3. The van der Waals surface area contributed by atoms with Crippen LogP contribution >= 0.6 is 23.2 Å². The normalized spacial score (nSPS) is 10.9. The van der Waals surface area contributed by atoms with Gasteiger partial charge in [0.15, 0.2) is 5.65 Å². The van der Waals surface area contributed by atoms with Gasteiger partial charge >= 0.3 is 0 Å². The summed E-state index contributed by atoms with van der Waals surface area (Å²) in [6.07, 6.45) is 3.19. The van der Waals surface area contributed by atoms with Gasteiger partial charge in [0.05, 0.1) is 11.1 Å². The van der Waals surface area contributed by atoms with E-state index in [1.807, 2.05) is 12.1 Å². The first-order valence-electron chi connectivity index (χ1n) is 4.86. The van der Waals surface area contributed by atoms with Gasteiger partial charge in [0.1, 0.15) is 11.5 Å². The molecular weight excluding hydrogens is 259 g/mol. The Kier molecular flexibility index (Phi) is 2.46. The molecule has 0 N–H and O–H groups in total. The predicted molar refractivity (Wildman–Crippen MR) is 66.7 cm³/mol. The molecule has 3 aromatic rings. The fourth-order valence-corrected chi connectivity index (χ4v) is 1.84. The van der Waals surface area contributed by atoms with Gasteiger partial charge in [-0.25, -0.2) is 14.6 Å². The summed E-state index contributed by atoms with van der Waals surface area (Å²) in [5.41, 5.74) is 1.46. The third-order valence-corrected chi connectivity index (χ3v) is 2.91. The molecular formula is C11H6Cl2N4. The van der Waals surface area contributed by atoms with Crippen LogP contribution in [-0.4, -0.2) is 19.7 Å². The average Bonchev–Trinajstić information content (AvgIpc) is 2.75. The van der Waals surface area contributed by atoms with Crippen molar-refractivity contribution in [3.05, 3.63) is 47.0 Å². The zero-order valence-corrected chi connectivity index (χ0v) is 10.0. The summed E-state index contributed by atoms with van der Waals surface area (Å²) in [5, 5.41) is 6.12. The van der Waals surface area contributed by atoms with E-state index in [9.17, 15) is 0 Å². The number of hydrogen-bond donors (Lipinski definition) is 0. The molecule has 0 atom stereocenters. The molecule has 0 fully saturated rings. The van der Waals surface area contributed by atoms with Crippen molar-refractivity contribution >= 4 is 34.2 Å². The molecule has 1 aromatic carbocycles. The standard InChI is InChI=1S/C11H6Cl2N4/c12-7-1-3-8(4-2-7)17-5-9-10(13)14-6-15-11(9)16-17/h1-6H. The lowest BCUT2D eigenvalue weighted by Crippen LogP contribution is -1.93. The minimum absolute atomic E-state index is 0.398. The van der Waals surface area contributed by atoms with Gasteiger partial charge in [0.25, 0.3) is 0 Å². The third kappa shape index (κ3) is 1.85. The molecule has 0 spiro atoms. The van der Waals surface area contributed by atoms with E-state index in [1.165, 1.54) is 6.33 Å². The third-order valence-electron chi connectivity index (χ3n) is 2.36. The van der Waals surface area contributed by atoms with Gasteiger partial charge in [0, 0.05) is 11.2 Å². The number of fused-ring (bicyclic) bond motifs is 1. The van der Waals surface area contributed by atoms with Crippen LogP contribution in [0.25, 0.3) is 16.7 Å². The maximum Gasteiger partial charge on any atom is 0.186 e. The second-order valence-corrected chi connectivity index (χ2v) is 4.25. The van der Waals surface area contributed by atoms with Crippen molar-refractivity contribution < 1.29 is 0 Å². The highest BCUT2D eigenvalue weighted by molar-refractivity contribution is 6.33. The minimum Gasteiger partial charge on any atom is -0.238 e. The quantitative estimate of drug-likeness (QED) is 0.635. The van der Waals surface area contributed by atoms with E-state index in [4.69, 9.17) is 23.2 Å². The van der Waals surface area contributed by atoms with Crippen LogP contribution in [0.4, 0.5) is 0 Å². The Balaban J connectivity index is 2.18. The molecule has 2 aromatic heterocycles. The average molecular weight is 265 g/mol. The van der Waals surface area contributed by atoms with Gasteiger partial charge < -0.3 is 0 Å². The molecule has 6 heteroatoms. The van der Waals surface area contributed by atoms with Crippen molar-refractivity contribution in [2.45, 2.75) is 0 Å². The van der Waals surface area contributed by atoms with E-state index in [1.54, 1.807) is 23.0 Å². The van der Waals surface area contributed by atoms with Crippen LogP contribution in [0.1, 0.15) is 0 Å². The lowest BCUT2D eigenvalue weighted by molar-refractivity contribution is 0.889. The van der Waals surface area contributed by atoms with Gasteiger partial charge in [-0.15, -0.1) is 5.10 Å². The fourth-order valence-electron chi connectivity index (χ4n) is 1.54. The van der Waals surface area contributed by atoms with Crippen molar-refractivity contribution in [2.75, 3.05) is 0 Å². The van der Waals surface area contributed by atoms with Crippen molar-refractivity contribution in [3.63, 3.8) is 0 Å². The molecule has 0 saturated carbocycles. The molecule has 2 heterocycles. The Morgan fingerprint density at radius 3 is 2.47 bits per heavy atom. The summed E-state index contributed by atoms with van der Waals surface area (Å²) >= 11 is 11.8. The highest BCUT2D eigenvalue weighted by Gasteiger charge is 2.07. The van der Waals surface area contributed by atoms with Crippen LogP contribution in [0, 0.1) is 0 Å². The Hall–Kier alpha value is -1.65. The first-order valence-corrected chi connectivity index (χ1v) is 5.61. The van der Waals surface area contributed by atoms with Crippen LogP contribution in [0.5, 0.6) is 0 Å². The zero-order chi connectivity index (χ0) is 11.8. The van der Waals surface area contributed by atoms with Crippen molar-refractivity contribution in [3.8, 4) is 5.69 Å². The summed E-state index contributed by atoms with van der Waals surface area (Å²) < 4.78 is 1.70.